The van der Waals surface area contributed by atoms with Gasteiger partial charge in [0, 0.05) is 30.7 Å². The Morgan fingerprint density at radius 2 is 2.00 bits per heavy atom. The third-order valence-corrected chi connectivity index (χ3v) is 3.08. The number of para-hydroxylation sites is 1. The van der Waals surface area contributed by atoms with Crippen LogP contribution in [0.2, 0.25) is 0 Å². The first-order valence-electron chi connectivity index (χ1n) is 5.09. The molecule has 0 saturated heterocycles. The van der Waals surface area contributed by atoms with Crippen LogP contribution in [0.4, 0.5) is 5.69 Å². The number of hydrogen-bond donors (Lipinski definition) is 1. The van der Waals surface area contributed by atoms with E-state index in [-0.39, 0.29) is 5.54 Å². The number of nitrogens with two attached hydrogens (primary N) is 1. The summed E-state index contributed by atoms with van der Waals surface area (Å²) in [6.45, 7) is 5.24. The van der Waals surface area contributed by atoms with Gasteiger partial charge in [-0.1, -0.05) is 18.2 Å². The number of anilines is 1. The Hall–Kier alpha value is -1.02. The summed E-state index contributed by atoms with van der Waals surface area (Å²) in [6, 6.07) is 8.54. The molecule has 1 atom stereocenters. The van der Waals surface area contributed by atoms with Crippen LogP contribution in [0.1, 0.15) is 25.3 Å². The molecule has 0 spiro atoms. The normalized spacial score (nSPS) is 21.1. The van der Waals surface area contributed by atoms with Crippen LogP contribution in [-0.4, -0.2) is 19.1 Å². The highest BCUT2D eigenvalue weighted by molar-refractivity contribution is 5.60. The fraction of sp³-hybridized carbons (Fsp3) is 0.500. The Balaban J connectivity index is 2.44. The lowest BCUT2D eigenvalue weighted by atomic mass is 9.84. The molecule has 0 radical (unpaired) electrons. The molecule has 0 saturated carbocycles. The van der Waals surface area contributed by atoms with Gasteiger partial charge in [-0.15, -0.1) is 0 Å². The maximum Gasteiger partial charge on any atom is 0.0400 e. The molecule has 0 aliphatic carbocycles. The molecule has 1 heterocycles. The summed E-state index contributed by atoms with van der Waals surface area (Å²) >= 11 is 0. The Bertz CT molecular complexity index is 338. The fourth-order valence-electron chi connectivity index (χ4n) is 2.24. The van der Waals surface area contributed by atoms with Crippen molar-refractivity contribution in [3.63, 3.8) is 0 Å². The van der Waals surface area contributed by atoms with Gasteiger partial charge in [0.15, 0.2) is 0 Å². The largest absolute Gasteiger partial charge is 0.374 e. The summed E-state index contributed by atoms with van der Waals surface area (Å²) < 4.78 is 0. The first-order valence-corrected chi connectivity index (χ1v) is 5.09. The minimum atomic E-state index is -0.138. The lowest BCUT2D eigenvalue weighted by Gasteiger charge is -2.27. The van der Waals surface area contributed by atoms with Crippen LogP contribution in [0.25, 0.3) is 0 Å². The molecule has 2 heteroatoms. The molecular formula is C12H18N2. The molecule has 0 aromatic heterocycles. The third kappa shape index (κ3) is 1.40. The van der Waals surface area contributed by atoms with Crippen LogP contribution in [0.15, 0.2) is 24.3 Å². The lowest BCUT2D eigenvalue weighted by molar-refractivity contribution is 0.427. The van der Waals surface area contributed by atoms with Crippen LogP contribution in [0.3, 0.4) is 0 Å². The molecule has 76 valence electrons. The van der Waals surface area contributed by atoms with Crippen LogP contribution < -0.4 is 10.6 Å². The zero-order chi connectivity index (χ0) is 10.3. The number of benzene rings is 1. The molecule has 1 aromatic carbocycles. The first kappa shape index (κ1) is 9.53. The first-order chi connectivity index (χ1) is 6.50. The highest BCUT2D eigenvalue weighted by atomic mass is 15.1. The summed E-state index contributed by atoms with van der Waals surface area (Å²) in [5.41, 5.74) is 8.77. The van der Waals surface area contributed by atoms with E-state index in [0.717, 1.165) is 6.54 Å². The van der Waals surface area contributed by atoms with Crippen LogP contribution >= 0.6 is 0 Å². The van der Waals surface area contributed by atoms with E-state index in [1.165, 1.54) is 11.3 Å². The van der Waals surface area contributed by atoms with Crippen molar-refractivity contribution in [2.75, 3.05) is 18.5 Å². The van der Waals surface area contributed by atoms with Crippen LogP contribution in [-0.2, 0) is 0 Å². The molecule has 1 aromatic rings. The molecule has 0 fully saturated rings. The quantitative estimate of drug-likeness (QED) is 0.733. The molecule has 0 bridgehead atoms. The van der Waals surface area contributed by atoms with E-state index in [1.807, 2.05) is 0 Å². The smallest absolute Gasteiger partial charge is 0.0400 e. The summed E-state index contributed by atoms with van der Waals surface area (Å²) in [7, 11) is 2.13. The molecular weight excluding hydrogens is 172 g/mol. The topological polar surface area (TPSA) is 29.3 Å². The number of rotatable bonds is 1. The predicted octanol–water partition coefficient (Wildman–Crippen LogP) is 1.96. The van der Waals surface area contributed by atoms with Crippen molar-refractivity contribution in [3.05, 3.63) is 29.8 Å². The average molecular weight is 190 g/mol. The van der Waals surface area contributed by atoms with E-state index in [2.05, 4.69) is 50.1 Å². The van der Waals surface area contributed by atoms with E-state index in [0.29, 0.717) is 5.92 Å². The van der Waals surface area contributed by atoms with Crippen LogP contribution in [0.5, 0.6) is 0 Å². The average Bonchev–Trinajstić information content (AvgIpc) is 2.44. The number of likely N-dealkylation sites (N-methyl/N-ethyl adjacent to an activating group) is 1. The van der Waals surface area contributed by atoms with Crippen molar-refractivity contribution in [2.24, 2.45) is 5.73 Å². The fourth-order valence-corrected chi connectivity index (χ4v) is 2.24. The highest BCUT2D eigenvalue weighted by Gasteiger charge is 2.34. The van der Waals surface area contributed by atoms with Gasteiger partial charge in [-0.2, -0.15) is 0 Å². The van der Waals surface area contributed by atoms with Gasteiger partial charge in [-0.05, 0) is 25.5 Å². The maximum absolute atomic E-state index is 6.19. The van der Waals surface area contributed by atoms with E-state index in [9.17, 15) is 0 Å². The van der Waals surface area contributed by atoms with E-state index in [1.54, 1.807) is 0 Å². The zero-order valence-corrected chi connectivity index (χ0v) is 9.12. The van der Waals surface area contributed by atoms with E-state index >= 15 is 0 Å². The molecule has 0 amide bonds. The van der Waals surface area contributed by atoms with E-state index in [4.69, 9.17) is 5.73 Å². The van der Waals surface area contributed by atoms with E-state index < -0.39 is 0 Å². The van der Waals surface area contributed by atoms with Crippen molar-refractivity contribution in [1.82, 2.24) is 0 Å². The minimum absolute atomic E-state index is 0.138. The molecule has 2 nitrogen and oxygen atoms in total. The predicted molar refractivity (Wildman–Crippen MR) is 60.7 cm³/mol. The Kier molecular flexibility index (Phi) is 2.04. The molecule has 2 rings (SSSR count). The third-order valence-electron chi connectivity index (χ3n) is 3.08. The standard InChI is InChI=1S/C12H18N2/c1-12(2,13)10-8-14(3)11-7-5-4-6-9(10)11/h4-7,10H,8,13H2,1-3H3. The van der Waals surface area contributed by atoms with Crippen molar-refractivity contribution in [2.45, 2.75) is 25.3 Å². The molecule has 1 unspecified atom stereocenters. The van der Waals surface area contributed by atoms with Crippen LogP contribution in [0, 0.1) is 0 Å². The summed E-state index contributed by atoms with van der Waals surface area (Å²) in [4.78, 5) is 2.29. The van der Waals surface area contributed by atoms with Gasteiger partial charge in [-0.3, -0.25) is 0 Å². The SMILES string of the molecule is CN1CC(C(C)(C)N)c2ccccc21. The second kappa shape index (κ2) is 2.99. The van der Waals surface area contributed by atoms with Gasteiger partial charge in [0.05, 0.1) is 0 Å². The second-order valence-electron chi connectivity index (χ2n) is 4.81. The van der Waals surface area contributed by atoms with Gasteiger partial charge in [0.2, 0.25) is 0 Å². The Labute approximate surface area is 85.7 Å². The second-order valence-corrected chi connectivity index (χ2v) is 4.81. The molecule has 14 heavy (non-hydrogen) atoms. The number of fused-ring (bicyclic) bond motifs is 1. The van der Waals surface area contributed by atoms with Gasteiger partial charge in [0.1, 0.15) is 0 Å². The minimum Gasteiger partial charge on any atom is -0.374 e. The molecule has 1 aliphatic rings. The van der Waals surface area contributed by atoms with Gasteiger partial charge < -0.3 is 10.6 Å². The Morgan fingerprint density at radius 3 is 2.64 bits per heavy atom. The Morgan fingerprint density at radius 1 is 1.36 bits per heavy atom. The monoisotopic (exact) mass is 190 g/mol. The van der Waals surface area contributed by atoms with Crippen molar-refractivity contribution >= 4 is 5.69 Å². The summed E-state index contributed by atoms with van der Waals surface area (Å²) in [5, 5.41) is 0. The molecule has 2 N–H and O–H groups in total. The van der Waals surface area contributed by atoms with Crippen molar-refractivity contribution in [3.8, 4) is 0 Å². The van der Waals surface area contributed by atoms with Crippen molar-refractivity contribution in [1.29, 1.82) is 0 Å². The van der Waals surface area contributed by atoms with Gasteiger partial charge >= 0.3 is 0 Å². The molecule has 1 aliphatic heterocycles. The lowest BCUT2D eigenvalue weighted by Crippen LogP contribution is -2.41. The zero-order valence-electron chi connectivity index (χ0n) is 9.12. The number of nitrogens with zero attached hydrogens (tertiary/aromatic N) is 1. The van der Waals surface area contributed by atoms with Gasteiger partial charge in [-0.25, -0.2) is 0 Å². The number of hydrogen-bond acceptors (Lipinski definition) is 2. The van der Waals surface area contributed by atoms with Gasteiger partial charge in [0.25, 0.3) is 0 Å². The van der Waals surface area contributed by atoms with Crippen molar-refractivity contribution < 1.29 is 0 Å². The summed E-state index contributed by atoms with van der Waals surface area (Å²) in [6.07, 6.45) is 0. The summed E-state index contributed by atoms with van der Waals surface area (Å²) in [5.74, 6) is 0.448. The highest BCUT2D eigenvalue weighted by Crippen LogP contribution is 2.39. The maximum atomic E-state index is 6.19.